The van der Waals surface area contributed by atoms with Crippen molar-refractivity contribution in [2.45, 2.75) is 19.6 Å². The van der Waals surface area contributed by atoms with Crippen molar-refractivity contribution in [3.63, 3.8) is 0 Å². The van der Waals surface area contributed by atoms with Crippen LogP contribution >= 0.6 is 0 Å². The average Bonchev–Trinajstić information content (AvgIpc) is 3.12. The highest BCUT2D eigenvalue weighted by atomic mass is 19.4. The molecule has 1 heterocycles. The molecule has 0 unspecified atom stereocenters. The molecule has 1 amide bonds. The Hall–Kier alpha value is -3.87. The summed E-state index contributed by atoms with van der Waals surface area (Å²) in [5.41, 5.74) is 3.03. The fraction of sp³-hybridized carbons (Fsp3) is 0.120. The van der Waals surface area contributed by atoms with E-state index in [9.17, 15) is 18.0 Å². The van der Waals surface area contributed by atoms with Gasteiger partial charge < -0.3 is 5.32 Å². The molecule has 32 heavy (non-hydrogen) atoms. The van der Waals surface area contributed by atoms with Gasteiger partial charge in [-0.25, -0.2) is 0 Å². The maximum atomic E-state index is 12.9. The molecule has 0 saturated heterocycles. The number of hydrogen-bond acceptors (Lipinski definition) is 2. The molecule has 7 heteroatoms. The zero-order valence-electron chi connectivity index (χ0n) is 17.2. The minimum Gasteiger partial charge on any atom is -0.305 e. The lowest BCUT2D eigenvalue weighted by molar-refractivity contribution is -0.137. The first-order valence-corrected chi connectivity index (χ1v) is 9.97. The molecule has 0 spiro atoms. The Kier molecular flexibility index (Phi) is 5.81. The van der Waals surface area contributed by atoms with E-state index < -0.39 is 11.7 Å². The quantitative estimate of drug-likeness (QED) is 0.407. The summed E-state index contributed by atoms with van der Waals surface area (Å²) in [6.45, 7) is 1.95. The number of halogens is 3. The molecule has 0 aliphatic carbocycles. The first-order valence-electron chi connectivity index (χ1n) is 9.97. The third-order valence-electron chi connectivity index (χ3n) is 5.06. The number of amides is 1. The summed E-state index contributed by atoms with van der Waals surface area (Å²) < 4.78 is 40.4. The van der Waals surface area contributed by atoms with Crippen molar-refractivity contribution >= 4 is 11.7 Å². The van der Waals surface area contributed by atoms with Gasteiger partial charge in [0.15, 0.2) is 5.82 Å². The first-order chi connectivity index (χ1) is 15.3. The molecule has 0 bridgehead atoms. The van der Waals surface area contributed by atoms with Crippen molar-refractivity contribution < 1.29 is 18.0 Å². The van der Waals surface area contributed by atoms with E-state index in [2.05, 4.69) is 10.4 Å². The van der Waals surface area contributed by atoms with Crippen LogP contribution in [-0.2, 0) is 12.7 Å². The Morgan fingerprint density at radius 1 is 0.906 bits per heavy atom. The van der Waals surface area contributed by atoms with Crippen molar-refractivity contribution in [3.05, 3.63) is 107 Å². The van der Waals surface area contributed by atoms with Crippen LogP contribution in [-0.4, -0.2) is 15.7 Å². The molecule has 0 radical (unpaired) electrons. The number of hydrogen-bond donors (Lipinski definition) is 1. The van der Waals surface area contributed by atoms with Gasteiger partial charge in [0.2, 0.25) is 0 Å². The maximum absolute atomic E-state index is 12.9. The number of carbonyl (C=O) groups is 1. The van der Waals surface area contributed by atoms with Crippen LogP contribution < -0.4 is 5.32 Å². The number of alkyl halides is 3. The van der Waals surface area contributed by atoms with Gasteiger partial charge in [-0.05, 0) is 47.9 Å². The second kappa shape index (κ2) is 8.70. The van der Waals surface area contributed by atoms with E-state index in [1.807, 2.05) is 42.5 Å². The molecule has 4 nitrogen and oxygen atoms in total. The molecule has 0 aliphatic heterocycles. The highest BCUT2D eigenvalue weighted by Gasteiger charge is 2.30. The maximum Gasteiger partial charge on any atom is 0.416 e. The summed E-state index contributed by atoms with van der Waals surface area (Å²) in [5, 5.41) is 7.08. The van der Waals surface area contributed by atoms with Crippen molar-refractivity contribution in [1.29, 1.82) is 0 Å². The molecular weight excluding hydrogens is 415 g/mol. The second-order valence-corrected chi connectivity index (χ2v) is 7.42. The summed E-state index contributed by atoms with van der Waals surface area (Å²) in [4.78, 5) is 12.6. The fourth-order valence-electron chi connectivity index (χ4n) is 3.38. The summed E-state index contributed by atoms with van der Waals surface area (Å²) in [6.07, 6.45) is -4.40. The number of benzene rings is 3. The monoisotopic (exact) mass is 435 g/mol. The van der Waals surface area contributed by atoms with Gasteiger partial charge in [-0.2, -0.15) is 18.3 Å². The Bertz CT molecular complexity index is 1230. The van der Waals surface area contributed by atoms with Gasteiger partial charge in [0.25, 0.3) is 5.91 Å². The normalized spacial score (nSPS) is 11.4. The lowest BCUT2D eigenvalue weighted by atomic mass is 10.0. The van der Waals surface area contributed by atoms with Crippen LogP contribution in [0.2, 0.25) is 0 Å². The summed E-state index contributed by atoms with van der Waals surface area (Å²) in [5.74, 6) is 0.0277. The number of nitrogens with one attached hydrogen (secondary N) is 1. The van der Waals surface area contributed by atoms with E-state index in [0.717, 1.165) is 29.0 Å². The van der Waals surface area contributed by atoms with Gasteiger partial charge in [-0.15, -0.1) is 0 Å². The molecule has 162 valence electrons. The number of nitrogens with zero attached hydrogens (tertiary/aromatic N) is 2. The third kappa shape index (κ3) is 4.88. The van der Waals surface area contributed by atoms with E-state index in [1.165, 1.54) is 6.07 Å². The van der Waals surface area contributed by atoms with Crippen LogP contribution in [0.15, 0.2) is 84.9 Å². The Labute approximate surface area is 183 Å². The number of anilines is 1. The highest BCUT2D eigenvalue weighted by molar-refractivity contribution is 6.04. The van der Waals surface area contributed by atoms with E-state index in [1.54, 1.807) is 35.9 Å². The van der Waals surface area contributed by atoms with Crippen LogP contribution in [0.4, 0.5) is 19.0 Å². The van der Waals surface area contributed by atoms with Crippen molar-refractivity contribution in [2.75, 3.05) is 5.32 Å². The topological polar surface area (TPSA) is 46.9 Å². The molecule has 0 atom stereocenters. The number of aromatic nitrogens is 2. The molecule has 1 aromatic heterocycles. The van der Waals surface area contributed by atoms with E-state index in [0.29, 0.717) is 16.9 Å². The summed E-state index contributed by atoms with van der Waals surface area (Å²) in [6, 6.07) is 23.9. The molecule has 4 aromatic rings. The van der Waals surface area contributed by atoms with Gasteiger partial charge in [-0.3, -0.25) is 9.48 Å². The van der Waals surface area contributed by atoms with Crippen LogP contribution in [0.25, 0.3) is 11.1 Å². The molecule has 1 N–H and O–H groups in total. The number of aryl methyl sites for hydroxylation is 1. The average molecular weight is 435 g/mol. The predicted octanol–water partition coefficient (Wildman–Crippen LogP) is 6.18. The second-order valence-electron chi connectivity index (χ2n) is 7.42. The highest BCUT2D eigenvalue weighted by Crippen LogP contribution is 2.29. The lowest BCUT2D eigenvalue weighted by Gasteiger charge is -2.09. The zero-order valence-corrected chi connectivity index (χ0v) is 17.2. The van der Waals surface area contributed by atoms with Crippen molar-refractivity contribution in [1.82, 2.24) is 9.78 Å². The van der Waals surface area contributed by atoms with Gasteiger partial charge in [-0.1, -0.05) is 54.6 Å². The van der Waals surface area contributed by atoms with Gasteiger partial charge in [0.05, 0.1) is 12.1 Å². The fourth-order valence-corrected chi connectivity index (χ4v) is 3.38. The first kappa shape index (κ1) is 21.4. The van der Waals surface area contributed by atoms with Crippen molar-refractivity contribution in [2.24, 2.45) is 0 Å². The summed E-state index contributed by atoms with van der Waals surface area (Å²) in [7, 11) is 0. The van der Waals surface area contributed by atoms with E-state index in [-0.39, 0.29) is 12.5 Å². The SMILES string of the molecule is Cc1cc(NC(=O)c2ccc(-c3ccccc3)cc2)nn1Cc1cccc(C(F)(F)F)c1. The number of rotatable bonds is 5. The molecular formula is C25H20F3N3O. The minimum absolute atomic E-state index is 0.164. The van der Waals surface area contributed by atoms with Crippen LogP contribution in [0, 0.1) is 6.92 Å². The third-order valence-corrected chi connectivity index (χ3v) is 5.06. The summed E-state index contributed by atoms with van der Waals surface area (Å²) >= 11 is 0. The molecule has 4 rings (SSSR count). The Morgan fingerprint density at radius 3 is 2.28 bits per heavy atom. The minimum atomic E-state index is -4.40. The largest absolute Gasteiger partial charge is 0.416 e. The van der Waals surface area contributed by atoms with E-state index >= 15 is 0 Å². The van der Waals surface area contributed by atoms with Crippen molar-refractivity contribution in [3.8, 4) is 11.1 Å². The smallest absolute Gasteiger partial charge is 0.305 e. The molecule has 0 fully saturated rings. The van der Waals surface area contributed by atoms with Crippen LogP contribution in [0.1, 0.15) is 27.2 Å². The van der Waals surface area contributed by atoms with E-state index in [4.69, 9.17) is 0 Å². The molecule has 0 aliphatic rings. The van der Waals surface area contributed by atoms with Gasteiger partial charge in [0.1, 0.15) is 0 Å². The zero-order chi connectivity index (χ0) is 22.7. The Balaban J connectivity index is 1.46. The van der Waals surface area contributed by atoms with Gasteiger partial charge >= 0.3 is 6.18 Å². The Morgan fingerprint density at radius 2 is 1.59 bits per heavy atom. The number of carbonyl (C=O) groups excluding carboxylic acids is 1. The predicted molar refractivity (Wildman–Crippen MR) is 117 cm³/mol. The van der Waals surface area contributed by atoms with Crippen LogP contribution in [0.5, 0.6) is 0 Å². The lowest BCUT2D eigenvalue weighted by Crippen LogP contribution is -2.13. The molecule has 3 aromatic carbocycles. The van der Waals surface area contributed by atoms with Crippen LogP contribution in [0.3, 0.4) is 0 Å². The molecule has 0 saturated carbocycles. The standard InChI is InChI=1S/C25H20F3N3O/c1-17-14-23(30-31(17)16-18-6-5-9-22(15-18)25(26,27)28)29-24(32)21-12-10-20(11-13-21)19-7-3-2-4-8-19/h2-15H,16H2,1H3,(H,29,30,32). The van der Waals surface area contributed by atoms with Gasteiger partial charge in [0, 0.05) is 17.3 Å².